The van der Waals surface area contributed by atoms with E-state index in [0.717, 1.165) is 0 Å². The highest BCUT2D eigenvalue weighted by Gasteiger charge is 2.13. The highest BCUT2D eigenvalue weighted by molar-refractivity contribution is 5.97. The van der Waals surface area contributed by atoms with Gasteiger partial charge >= 0.3 is 5.97 Å². The Balaban J connectivity index is 1.98. The molecule has 0 saturated carbocycles. The summed E-state index contributed by atoms with van der Waals surface area (Å²) in [6, 6.07) is 10.6. The molecule has 0 aliphatic heterocycles. The van der Waals surface area contributed by atoms with E-state index in [2.05, 4.69) is 10.6 Å². The Morgan fingerprint density at radius 2 is 1.74 bits per heavy atom. The molecule has 0 fully saturated rings. The Morgan fingerprint density at radius 3 is 2.33 bits per heavy atom. The number of benzene rings is 2. The fraction of sp³-hybridized carbons (Fsp3) is 0.158. The number of methoxy groups -OCH3 is 1. The maximum atomic E-state index is 12.1. The van der Waals surface area contributed by atoms with E-state index >= 15 is 0 Å². The van der Waals surface area contributed by atoms with Crippen molar-refractivity contribution in [3.05, 3.63) is 53.6 Å². The first-order valence-corrected chi connectivity index (χ1v) is 7.90. The Kier molecular flexibility index (Phi) is 6.65. The maximum absolute atomic E-state index is 12.1. The molecule has 0 aliphatic carbocycles. The molecule has 0 aliphatic rings. The average Bonchev–Trinajstić information content (AvgIpc) is 2.66. The minimum absolute atomic E-state index is 0.221. The molecule has 0 spiro atoms. The summed E-state index contributed by atoms with van der Waals surface area (Å²) in [5.74, 6) is -1.15. The minimum atomic E-state index is -0.693. The summed E-state index contributed by atoms with van der Waals surface area (Å²) >= 11 is 0. The van der Waals surface area contributed by atoms with Crippen LogP contribution in [0.2, 0.25) is 0 Å². The van der Waals surface area contributed by atoms with Crippen molar-refractivity contribution >= 4 is 35.4 Å². The molecule has 8 heteroatoms. The van der Waals surface area contributed by atoms with Crippen LogP contribution in [0.25, 0.3) is 0 Å². The lowest BCUT2D eigenvalue weighted by Crippen LogP contribution is -2.21. The molecule has 0 aromatic heterocycles. The Hall–Kier alpha value is -3.68. The first-order chi connectivity index (χ1) is 12.9. The molecule has 2 N–H and O–H groups in total. The van der Waals surface area contributed by atoms with Crippen LogP contribution in [-0.2, 0) is 14.3 Å². The number of nitrogens with one attached hydrogen (secondary N) is 2. The molecule has 2 aromatic rings. The molecule has 0 radical (unpaired) electrons. The van der Waals surface area contributed by atoms with Crippen LogP contribution in [0, 0.1) is 0 Å². The number of hydrogen-bond donors (Lipinski definition) is 2. The molecule has 2 rings (SSSR count). The number of aldehydes is 1. The van der Waals surface area contributed by atoms with Crippen molar-refractivity contribution in [2.24, 2.45) is 0 Å². The van der Waals surface area contributed by atoms with E-state index in [9.17, 15) is 19.2 Å². The first kappa shape index (κ1) is 19.6. The Bertz CT molecular complexity index is 861. The van der Waals surface area contributed by atoms with E-state index in [1.54, 1.807) is 12.1 Å². The molecule has 27 heavy (non-hydrogen) atoms. The summed E-state index contributed by atoms with van der Waals surface area (Å²) in [5, 5.41) is 5.16. The molecule has 0 bridgehead atoms. The third-order valence-corrected chi connectivity index (χ3v) is 3.41. The number of rotatable bonds is 7. The van der Waals surface area contributed by atoms with Gasteiger partial charge in [-0.3, -0.25) is 14.4 Å². The van der Waals surface area contributed by atoms with E-state index in [1.807, 2.05) is 0 Å². The van der Waals surface area contributed by atoms with Gasteiger partial charge in [-0.2, -0.15) is 0 Å². The first-order valence-electron chi connectivity index (χ1n) is 7.90. The predicted octanol–water partition coefficient (Wildman–Crippen LogP) is 2.26. The third-order valence-electron chi connectivity index (χ3n) is 3.41. The fourth-order valence-electron chi connectivity index (χ4n) is 2.19. The SMILES string of the molecule is COc1ccc(NC(C)=O)cc1NC(=O)COC(=O)c1ccc(C=O)cc1. The van der Waals surface area contributed by atoms with Crippen LogP contribution in [0.15, 0.2) is 42.5 Å². The number of esters is 1. The zero-order chi connectivity index (χ0) is 19.8. The van der Waals surface area contributed by atoms with Gasteiger partial charge in [0.1, 0.15) is 12.0 Å². The van der Waals surface area contributed by atoms with Gasteiger partial charge in [0, 0.05) is 18.2 Å². The standard InChI is InChI=1S/C19H18N2O6/c1-12(23)20-15-7-8-17(26-2)16(9-15)21-18(24)11-27-19(25)14-5-3-13(10-22)4-6-14/h3-10H,11H2,1-2H3,(H,20,23)(H,21,24). The monoisotopic (exact) mass is 370 g/mol. The van der Waals surface area contributed by atoms with E-state index in [1.165, 1.54) is 44.4 Å². The van der Waals surface area contributed by atoms with Crippen molar-refractivity contribution in [1.29, 1.82) is 0 Å². The summed E-state index contributed by atoms with van der Waals surface area (Å²) in [4.78, 5) is 45.8. The van der Waals surface area contributed by atoms with Crippen molar-refractivity contribution in [3.8, 4) is 5.75 Å². The van der Waals surface area contributed by atoms with Crippen LogP contribution in [0.3, 0.4) is 0 Å². The highest BCUT2D eigenvalue weighted by Crippen LogP contribution is 2.27. The van der Waals surface area contributed by atoms with Crippen LogP contribution < -0.4 is 15.4 Å². The van der Waals surface area contributed by atoms with Gasteiger partial charge in [-0.1, -0.05) is 12.1 Å². The van der Waals surface area contributed by atoms with Gasteiger partial charge in [0.05, 0.1) is 18.4 Å². The van der Waals surface area contributed by atoms with Gasteiger partial charge in [-0.25, -0.2) is 4.79 Å². The second-order valence-electron chi connectivity index (χ2n) is 5.46. The molecule has 0 heterocycles. The maximum Gasteiger partial charge on any atom is 0.338 e. The summed E-state index contributed by atoms with van der Waals surface area (Å²) in [7, 11) is 1.44. The molecule has 8 nitrogen and oxygen atoms in total. The van der Waals surface area contributed by atoms with E-state index in [-0.39, 0.29) is 11.5 Å². The normalized spacial score (nSPS) is 9.85. The number of carbonyl (C=O) groups is 4. The predicted molar refractivity (Wildman–Crippen MR) is 98.0 cm³/mol. The molecule has 2 aromatic carbocycles. The van der Waals surface area contributed by atoms with Crippen LogP contribution in [0.4, 0.5) is 11.4 Å². The molecular formula is C19H18N2O6. The van der Waals surface area contributed by atoms with Gasteiger partial charge < -0.3 is 20.1 Å². The quantitative estimate of drug-likeness (QED) is 0.571. The van der Waals surface area contributed by atoms with E-state index < -0.39 is 18.5 Å². The molecule has 0 atom stereocenters. The average molecular weight is 370 g/mol. The lowest BCUT2D eigenvalue weighted by molar-refractivity contribution is -0.119. The van der Waals surface area contributed by atoms with Crippen molar-refractivity contribution < 1.29 is 28.7 Å². The molecule has 2 amide bonds. The number of carbonyl (C=O) groups excluding carboxylic acids is 4. The smallest absolute Gasteiger partial charge is 0.338 e. The second-order valence-corrected chi connectivity index (χ2v) is 5.46. The number of amides is 2. The summed E-state index contributed by atoms with van der Waals surface area (Å²) < 4.78 is 10.1. The molecule has 140 valence electrons. The van der Waals surface area contributed by atoms with Gasteiger partial charge in [-0.05, 0) is 30.3 Å². The van der Waals surface area contributed by atoms with E-state index in [4.69, 9.17) is 9.47 Å². The van der Waals surface area contributed by atoms with Crippen molar-refractivity contribution in [3.63, 3.8) is 0 Å². The van der Waals surface area contributed by atoms with Crippen LogP contribution in [0.1, 0.15) is 27.6 Å². The number of hydrogen-bond acceptors (Lipinski definition) is 6. The molecular weight excluding hydrogens is 352 g/mol. The Labute approximate surface area is 155 Å². The van der Waals surface area contributed by atoms with Crippen LogP contribution >= 0.6 is 0 Å². The molecule has 0 unspecified atom stereocenters. The topological polar surface area (TPSA) is 111 Å². The summed E-state index contributed by atoms with van der Waals surface area (Å²) in [6.07, 6.45) is 0.658. The van der Waals surface area contributed by atoms with Gasteiger partial charge in [0.25, 0.3) is 5.91 Å². The van der Waals surface area contributed by atoms with Gasteiger partial charge in [0.15, 0.2) is 6.61 Å². The van der Waals surface area contributed by atoms with Crippen molar-refractivity contribution in [1.82, 2.24) is 0 Å². The third kappa shape index (κ3) is 5.67. The second kappa shape index (κ2) is 9.14. The van der Waals surface area contributed by atoms with E-state index in [0.29, 0.717) is 29.0 Å². The minimum Gasteiger partial charge on any atom is -0.495 e. The summed E-state index contributed by atoms with van der Waals surface area (Å²) in [6.45, 7) is 0.853. The van der Waals surface area contributed by atoms with Crippen molar-refractivity contribution in [2.45, 2.75) is 6.92 Å². The lowest BCUT2D eigenvalue weighted by Gasteiger charge is -2.12. The van der Waals surface area contributed by atoms with Gasteiger partial charge in [0.2, 0.25) is 5.91 Å². The van der Waals surface area contributed by atoms with Gasteiger partial charge in [-0.15, -0.1) is 0 Å². The fourth-order valence-corrected chi connectivity index (χ4v) is 2.19. The van der Waals surface area contributed by atoms with Crippen molar-refractivity contribution in [2.75, 3.05) is 24.4 Å². The Morgan fingerprint density at radius 1 is 1.04 bits per heavy atom. The highest BCUT2D eigenvalue weighted by atomic mass is 16.5. The lowest BCUT2D eigenvalue weighted by atomic mass is 10.1. The van der Waals surface area contributed by atoms with Crippen LogP contribution in [0.5, 0.6) is 5.75 Å². The summed E-state index contributed by atoms with van der Waals surface area (Å²) in [5.41, 5.74) is 1.44. The number of ether oxygens (including phenoxy) is 2. The largest absolute Gasteiger partial charge is 0.495 e. The zero-order valence-corrected chi connectivity index (χ0v) is 14.8. The zero-order valence-electron chi connectivity index (χ0n) is 14.8. The number of anilines is 2. The van der Waals surface area contributed by atoms with Crippen LogP contribution in [-0.4, -0.2) is 37.8 Å². The molecule has 0 saturated heterocycles.